The SMILES string of the molecule is CCCCOCCOCCC(NC1CC1)C(=O)OC. The maximum Gasteiger partial charge on any atom is 0.322 e. The number of carbonyl (C=O) groups is 1. The minimum atomic E-state index is -0.237. The molecule has 1 aliphatic rings. The van der Waals surface area contributed by atoms with Gasteiger partial charge in [0.1, 0.15) is 6.04 Å². The number of esters is 1. The highest BCUT2D eigenvalue weighted by Gasteiger charge is 2.28. The second kappa shape index (κ2) is 10.2. The van der Waals surface area contributed by atoms with E-state index in [0.29, 0.717) is 32.3 Å². The van der Waals surface area contributed by atoms with E-state index >= 15 is 0 Å². The molecular formula is C14H27NO4. The van der Waals surface area contributed by atoms with Gasteiger partial charge in [-0.05, 0) is 25.7 Å². The van der Waals surface area contributed by atoms with E-state index in [1.165, 1.54) is 7.11 Å². The van der Waals surface area contributed by atoms with Crippen molar-refractivity contribution >= 4 is 5.97 Å². The maximum atomic E-state index is 11.5. The van der Waals surface area contributed by atoms with E-state index < -0.39 is 0 Å². The van der Waals surface area contributed by atoms with Gasteiger partial charge in [0, 0.05) is 19.3 Å². The van der Waals surface area contributed by atoms with Crippen molar-refractivity contribution in [2.45, 2.75) is 51.1 Å². The predicted octanol–water partition coefficient (Wildman–Crippen LogP) is 1.50. The quantitative estimate of drug-likeness (QED) is 0.431. The minimum absolute atomic E-state index is 0.199. The summed E-state index contributed by atoms with van der Waals surface area (Å²) in [6.45, 7) is 4.70. The van der Waals surface area contributed by atoms with Gasteiger partial charge in [0.25, 0.3) is 0 Å². The zero-order valence-electron chi connectivity index (χ0n) is 12.2. The lowest BCUT2D eigenvalue weighted by Crippen LogP contribution is -2.39. The van der Waals surface area contributed by atoms with Gasteiger partial charge in [0.05, 0.1) is 20.3 Å². The van der Waals surface area contributed by atoms with Crippen molar-refractivity contribution in [1.82, 2.24) is 5.32 Å². The molecule has 1 aliphatic carbocycles. The highest BCUT2D eigenvalue weighted by molar-refractivity contribution is 5.75. The molecule has 1 atom stereocenters. The number of hydrogen-bond donors (Lipinski definition) is 1. The van der Waals surface area contributed by atoms with Crippen LogP contribution in [0.25, 0.3) is 0 Å². The Kier molecular flexibility index (Phi) is 8.79. The van der Waals surface area contributed by atoms with E-state index in [4.69, 9.17) is 14.2 Å². The zero-order valence-corrected chi connectivity index (χ0v) is 12.2. The Morgan fingerprint density at radius 2 is 1.89 bits per heavy atom. The fraction of sp³-hybridized carbons (Fsp3) is 0.929. The number of hydrogen-bond acceptors (Lipinski definition) is 5. The van der Waals surface area contributed by atoms with Crippen LogP contribution in [-0.4, -0.2) is 51.6 Å². The Balaban J connectivity index is 1.99. The summed E-state index contributed by atoms with van der Waals surface area (Å²) >= 11 is 0. The van der Waals surface area contributed by atoms with Gasteiger partial charge in [-0.2, -0.15) is 0 Å². The largest absolute Gasteiger partial charge is 0.468 e. The van der Waals surface area contributed by atoms with Crippen LogP contribution in [0.1, 0.15) is 39.0 Å². The number of rotatable bonds is 12. The standard InChI is InChI=1S/C14H27NO4/c1-3-4-8-18-10-11-19-9-7-13(14(16)17-2)15-12-5-6-12/h12-13,15H,3-11H2,1-2H3. The fourth-order valence-electron chi connectivity index (χ4n) is 1.72. The van der Waals surface area contributed by atoms with E-state index in [1.807, 2.05) is 0 Å². The number of carbonyl (C=O) groups excluding carboxylic acids is 1. The molecule has 0 radical (unpaired) electrons. The molecule has 0 aromatic heterocycles. The lowest BCUT2D eigenvalue weighted by molar-refractivity contribution is -0.143. The fourth-order valence-corrected chi connectivity index (χ4v) is 1.72. The van der Waals surface area contributed by atoms with Gasteiger partial charge >= 0.3 is 5.97 Å². The summed E-state index contributed by atoms with van der Waals surface area (Å²) in [5.41, 5.74) is 0. The van der Waals surface area contributed by atoms with Crippen molar-refractivity contribution < 1.29 is 19.0 Å². The molecule has 1 rings (SSSR count). The van der Waals surface area contributed by atoms with Gasteiger partial charge in [-0.15, -0.1) is 0 Å². The second-order valence-corrected chi connectivity index (χ2v) is 4.88. The summed E-state index contributed by atoms with van der Waals surface area (Å²) in [6, 6.07) is 0.250. The van der Waals surface area contributed by atoms with E-state index in [9.17, 15) is 4.79 Å². The van der Waals surface area contributed by atoms with E-state index in [2.05, 4.69) is 12.2 Å². The predicted molar refractivity (Wildman–Crippen MR) is 73.1 cm³/mol. The average Bonchev–Trinajstić information content (AvgIpc) is 3.23. The number of unbranched alkanes of at least 4 members (excludes halogenated alkanes) is 1. The zero-order chi connectivity index (χ0) is 13.9. The van der Waals surface area contributed by atoms with Crippen LogP contribution in [0, 0.1) is 0 Å². The first kappa shape index (κ1) is 16.4. The third-order valence-electron chi connectivity index (χ3n) is 3.07. The van der Waals surface area contributed by atoms with Gasteiger partial charge in [-0.25, -0.2) is 0 Å². The van der Waals surface area contributed by atoms with Gasteiger partial charge in [-0.1, -0.05) is 13.3 Å². The molecule has 1 unspecified atom stereocenters. The van der Waals surface area contributed by atoms with Crippen molar-refractivity contribution in [3.63, 3.8) is 0 Å². The van der Waals surface area contributed by atoms with Gasteiger partial charge in [0.2, 0.25) is 0 Å². The van der Waals surface area contributed by atoms with Crippen LogP contribution < -0.4 is 5.32 Å². The van der Waals surface area contributed by atoms with Crippen LogP contribution in [0.2, 0.25) is 0 Å². The highest BCUT2D eigenvalue weighted by Crippen LogP contribution is 2.20. The van der Waals surface area contributed by atoms with Crippen LogP contribution in [0.4, 0.5) is 0 Å². The summed E-state index contributed by atoms with van der Waals surface area (Å²) in [6.07, 6.45) is 5.20. The molecule has 0 aliphatic heterocycles. The maximum absolute atomic E-state index is 11.5. The third-order valence-corrected chi connectivity index (χ3v) is 3.07. The molecule has 5 nitrogen and oxygen atoms in total. The minimum Gasteiger partial charge on any atom is -0.468 e. The van der Waals surface area contributed by atoms with Crippen LogP contribution in [0.3, 0.4) is 0 Å². The Labute approximate surface area is 116 Å². The van der Waals surface area contributed by atoms with Gasteiger partial charge < -0.3 is 19.5 Å². The van der Waals surface area contributed by atoms with Gasteiger partial charge in [0.15, 0.2) is 0 Å². The van der Waals surface area contributed by atoms with Crippen molar-refractivity contribution in [2.75, 3.05) is 33.5 Å². The number of ether oxygens (including phenoxy) is 3. The van der Waals surface area contributed by atoms with Crippen molar-refractivity contribution in [1.29, 1.82) is 0 Å². The third kappa shape index (κ3) is 8.18. The summed E-state index contributed by atoms with van der Waals surface area (Å²) in [4.78, 5) is 11.5. The van der Waals surface area contributed by atoms with Gasteiger partial charge in [-0.3, -0.25) is 4.79 Å². The van der Waals surface area contributed by atoms with Crippen LogP contribution >= 0.6 is 0 Å². The summed E-state index contributed by atoms with van der Waals surface area (Å²) < 4.78 is 15.6. The van der Waals surface area contributed by atoms with Crippen LogP contribution in [-0.2, 0) is 19.0 Å². The van der Waals surface area contributed by atoms with Crippen molar-refractivity contribution in [3.8, 4) is 0 Å². The first-order valence-corrected chi connectivity index (χ1v) is 7.27. The molecule has 0 spiro atoms. The molecule has 19 heavy (non-hydrogen) atoms. The van der Waals surface area contributed by atoms with Crippen LogP contribution in [0.15, 0.2) is 0 Å². The molecule has 1 fully saturated rings. The van der Waals surface area contributed by atoms with Crippen molar-refractivity contribution in [2.24, 2.45) is 0 Å². The summed E-state index contributed by atoms with van der Waals surface area (Å²) in [5.74, 6) is -0.199. The Morgan fingerprint density at radius 3 is 2.47 bits per heavy atom. The first-order chi connectivity index (χ1) is 9.27. The van der Waals surface area contributed by atoms with E-state index in [-0.39, 0.29) is 12.0 Å². The highest BCUT2D eigenvalue weighted by atomic mass is 16.5. The molecule has 0 aromatic rings. The molecule has 1 N–H and O–H groups in total. The second-order valence-electron chi connectivity index (χ2n) is 4.88. The van der Waals surface area contributed by atoms with Crippen LogP contribution in [0.5, 0.6) is 0 Å². The first-order valence-electron chi connectivity index (χ1n) is 7.27. The normalized spacial score (nSPS) is 16.3. The molecule has 0 amide bonds. The Morgan fingerprint density at radius 1 is 1.21 bits per heavy atom. The molecule has 5 heteroatoms. The molecular weight excluding hydrogens is 246 g/mol. The van der Waals surface area contributed by atoms with Crippen molar-refractivity contribution in [3.05, 3.63) is 0 Å². The molecule has 0 heterocycles. The Hall–Kier alpha value is -0.650. The lowest BCUT2D eigenvalue weighted by Gasteiger charge is -2.16. The molecule has 0 aromatic carbocycles. The number of nitrogens with one attached hydrogen (secondary N) is 1. The average molecular weight is 273 g/mol. The van der Waals surface area contributed by atoms with E-state index in [1.54, 1.807) is 0 Å². The smallest absolute Gasteiger partial charge is 0.322 e. The molecule has 112 valence electrons. The summed E-state index contributed by atoms with van der Waals surface area (Å²) in [7, 11) is 1.42. The van der Waals surface area contributed by atoms with E-state index in [0.717, 1.165) is 32.3 Å². The lowest BCUT2D eigenvalue weighted by atomic mass is 10.2. The summed E-state index contributed by atoms with van der Waals surface area (Å²) in [5, 5.41) is 3.27. The topological polar surface area (TPSA) is 56.8 Å². The molecule has 0 saturated heterocycles. The Bertz CT molecular complexity index is 244. The molecule has 1 saturated carbocycles. The molecule has 0 bridgehead atoms. The number of methoxy groups -OCH3 is 1. The monoisotopic (exact) mass is 273 g/mol.